The summed E-state index contributed by atoms with van der Waals surface area (Å²) in [5, 5.41) is 131. The number of aliphatic carboxylic acids is 1. The molecule has 432 valence electrons. The second-order valence-electron chi connectivity index (χ2n) is 25.7. The molecular formula is C53H82O23. The Bertz CT molecular complexity index is 2200. The highest BCUT2D eigenvalue weighted by atomic mass is 16.8. The molecule has 0 amide bonds. The summed E-state index contributed by atoms with van der Waals surface area (Å²) in [5.41, 5.74) is -0.937. The number of ether oxygens (including phenoxy) is 9. The first-order valence-electron chi connectivity index (χ1n) is 27.3. The summed E-state index contributed by atoms with van der Waals surface area (Å²) in [6.45, 7) is 13.0. The lowest BCUT2D eigenvalue weighted by molar-refractivity contribution is -0.408. The number of esters is 1. The number of fused-ring (bicyclic) bond motifs is 10. The van der Waals surface area contributed by atoms with Crippen molar-refractivity contribution in [3.8, 4) is 0 Å². The van der Waals surface area contributed by atoms with Gasteiger partial charge in [-0.15, -0.1) is 0 Å². The molecule has 0 radical (unpaired) electrons. The van der Waals surface area contributed by atoms with Crippen LogP contribution in [0, 0.1) is 50.2 Å². The van der Waals surface area contributed by atoms with E-state index in [0.717, 1.165) is 38.5 Å². The first kappa shape index (κ1) is 57.2. The third kappa shape index (κ3) is 8.61. The van der Waals surface area contributed by atoms with Gasteiger partial charge in [0, 0.05) is 17.3 Å². The highest BCUT2D eigenvalue weighted by Gasteiger charge is 2.72. The fourth-order valence-corrected chi connectivity index (χ4v) is 16.7. The minimum Gasteiger partial charge on any atom is -0.479 e. The third-order valence-electron chi connectivity index (χ3n) is 21.7. The van der Waals surface area contributed by atoms with Crippen LogP contribution < -0.4 is 0 Å². The van der Waals surface area contributed by atoms with E-state index >= 15 is 0 Å². The van der Waals surface area contributed by atoms with Crippen LogP contribution in [0.1, 0.15) is 106 Å². The first-order chi connectivity index (χ1) is 35.6. The fraction of sp³-hybridized carbons (Fsp3) is 0.925. The van der Waals surface area contributed by atoms with E-state index in [1.165, 1.54) is 12.5 Å². The maximum atomic E-state index is 13.3. The average Bonchev–Trinajstić information content (AvgIpc) is 3.64. The van der Waals surface area contributed by atoms with Crippen LogP contribution >= 0.6 is 0 Å². The van der Waals surface area contributed by atoms with Crippen molar-refractivity contribution in [1.82, 2.24) is 0 Å². The van der Waals surface area contributed by atoms with Crippen LogP contribution in [0.5, 0.6) is 0 Å². The lowest BCUT2D eigenvalue weighted by atomic mass is 9.33. The molecule has 2 bridgehead atoms. The lowest BCUT2D eigenvalue weighted by Crippen LogP contribution is -2.69. The van der Waals surface area contributed by atoms with Crippen LogP contribution in [-0.2, 0) is 52.2 Å². The van der Waals surface area contributed by atoms with E-state index in [9.17, 15) is 70.9 Å². The van der Waals surface area contributed by atoms with E-state index in [-0.39, 0.29) is 58.1 Å². The fourth-order valence-electron chi connectivity index (χ4n) is 16.7. The van der Waals surface area contributed by atoms with Crippen molar-refractivity contribution >= 4 is 11.9 Å². The van der Waals surface area contributed by atoms with Crippen molar-refractivity contribution < 1.29 is 113 Å². The summed E-state index contributed by atoms with van der Waals surface area (Å²) in [7, 11) is 0. The Hall–Kier alpha value is -2.08. The third-order valence-corrected chi connectivity index (χ3v) is 21.7. The van der Waals surface area contributed by atoms with E-state index in [1.807, 2.05) is 13.8 Å². The molecule has 23 heteroatoms. The van der Waals surface area contributed by atoms with Gasteiger partial charge >= 0.3 is 11.9 Å². The van der Waals surface area contributed by atoms with Crippen LogP contribution in [-0.4, -0.2) is 222 Å². The summed E-state index contributed by atoms with van der Waals surface area (Å²) in [5.74, 6) is -1.53. The molecule has 76 heavy (non-hydrogen) atoms. The van der Waals surface area contributed by atoms with E-state index in [0.29, 0.717) is 19.3 Å². The Morgan fingerprint density at radius 2 is 1.33 bits per heavy atom. The summed E-state index contributed by atoms with van der Waals surface area (Å²) in [4.78, 5) is 25.9. The summed E-state index contributed by atoms with van der Waals surface area (Å²) >= 11 is 0. The van der Waals surface area contributed by atoms with E-state index < -0.39 is 153 Å². The van der Waals surface area contributed by atoms with E-state index in [2.05, 4.69) is 33.8 Å². The maximum absolute atomic E-state index is 13.3. The normalized spacial score (nSPS) is 57.0. The predicted molar refractivity (Wildman–Crippen MR) is 255 cm³/mol. The standard InChI is InChI=1S/C53H82O23/c1-21-30(57)33(60)37(64)44(69-21)76-41-38(73-43-36(63)31(58)24(56)19-68-43)32(59)25(18-54)70-46(41)75-40-35(62)34(61)39(42(65)66)74-45(40)71-28-11-12-50(4)26(51(28,5)20-55)10-13-53(7)27(50)9-8-22-23-16-48(2)17-29(72-47(48)67)49(23,3)14-15-52(22,53)6/h8,21,23-41,43-46,54-64H,9-20H2,1-7H3,(H,65,66). The van der Waals surface area contributed by atoms with Crippen LogP contribution in [0.4, 0.5) is 0 Å². The van der Waals surface area contributed by atoms with Crippen molar-refractivity contribution in [3.63, 3.8) is 0 Å². The minimum atomic E-state index is -2.16. The van der Waals surface area contributed by atoms with Crippen LogP contribution in [0.3, 0.4) is 0 Å². The number of rotatable bonds is 11. The smallest absolute Gasteiger partial charge is 0.335 e. The van der Waals surface area contributed by atoms with Crippen LogP contribution in [0.25, 0.3) is 0 Å². The summed E-state index contributed by atoms with van der Waals surface area (Å²) in [6.07, 6.45) is -26.7. The van der Waals surface area contributed by atoms with Crippen molar-refractivity contribution in [3.05, 3.63) is 11.6 Å². The van der Waals surface area contributed by atoms with Gasteiger partial charge in [-0.1, -0.05) is 46.3 Å². The van der Waals surface area contributed by atoms with Gasteiger partial charge < -0.3 is 104 Å². The molecule has 4 saturated carbocycles. The van der Waals surface area contributed by atoms with Crippen molar-refractivity contribution in [2.24, 2.45) is 50.2 Å². The zero-order valence-electron chi connectivity index (χ0n) is 44.3. The molecule has 5 saturated heterocycles. The van der Waals surface area contributed by atoms with Crippen molar-refractivity contribution in [1.29, 1.82) is 0 Å². The zero-order chi connectivity index (χ0) is 55.1. The van der Waals surface area contributed by atoms with Gasteiger partial charge in [0.2, 0.25) is 0 Å². The van der Waals surface area contributed by atoms with Gasteiger partial charge in [-0.2, -0.15) is 0 Å². The molecule has 5 heterocycles. The largest absolute Gasteiger partial charge is 0.479 e. The molecule has 10 rings (SSSR count). The van der Waals surface area contributed by atoms with Crippen molar-refractivity contribution in [2.75, 3.05) is 19.8 Å². The molecule has 12 N–H and O–H groups in total. The Balaban J connectivity index is 0.950. The Labute approximate surface area is 441 Å². The van der Waals surface area contributed by atoms with E-state index in [4.69, 9.17) is 42.6 Å². The molecule has 0 aromatic heterocycles. The van der Waals surface area contributed by atoms with Gasteiger partial charge in [0.05, 0.1) is 37.4 Å². The number of hydrogen-bond donors (Lipinski definition) is 12. The number of carboxylic acids is 1. The van der Waals surface area contributed by atoms with Gasteiger partial charge in [0.25, 0.3) is 0 Å². The Morgan fingerprint density at radius 1 is 0.658 bits per heavy atom. The second kappa shape index (κ2) is 20.1. The predicted octanol–water partition coefficient (Wildman–Crippen LogP) is -1.29. The Morgan fingerprint density at radius 3 is 2.01 bits per heavy atom. The minimum absolute atomic E-state index is 0.0962. The topological polar surface area (TPSA) is 360 Å². The summed E-state index contributed by atoms with van der Waals surface area (Å²) in [6, 6.07) is 0. The van der Waals surface area contributed by atoms with Gasteiger partial charge in [-0.05, 0) is 99.2 Å². The molecule has 5 aliphatic carbocycles. The SMILES string of the molecule is CC1OC(OC2C(OC3C(OC4CCC5(C)C(CCC6(C)C5CC=C5C7CC8(C)CC(OC8=O)C7(C)CCC56C)C4(C)CO)OC(C(=O)O)C(O)C3O)OC(CO)C(O)C2OC2OCC(O)C(O)C2O)C(O)C(O)C1O. The molecule has 10 aliphatic rings. The molecule has 9 fully saturated rings. The molecule has 5 aliphatic heterocycles. The molecule has 0 aromatic carbocycles. The number of carboxylic acid groups (broad SMARTS) is 1. The molecular weight excluding hydrogens is 1000 g/mol. The maximum Gasteiger partial charge on any atom is 0.335 e. The Kier molecular flexibility index (Phi) is 15.1. The molecule has 0 spiro atoms. The molecule has 30 unspecified atom stereocenters. The molecule has 0 aromatic rings. The van der Waals surface area contributed by atoms with E-state index in [1.54, 1.807) is 0 Å². The van der Waals surface area contributed by atoms with Gasteiger partial charge in [0.1, 0.15) is 85.5 Å². The zero-order valence-corrected chi connectivity index (χ0v) is 44.3. The molecule has 23 nitrogen and oxygen atoms in total. The first-order valence-corrected chi connectivity index (χ1v) is 27.3. The number of carbonyl (C=O) groups is 2. The average molecular weight is 1090 g/mol. The highest BCUT2D eigenvalue weighted by molar-refractivity contribution is 5.79. The second-order valence-corrected chi connectivity index (χ2v) is 25.7. The number of carbonyl (C=O) groups excluding carboxylic acids is 1. The summed E-state index contributed by atoms with van der Waals surface area (Å²) < 4.78 is 54.8. The number of allylic oxidation sites excluding steroid dienone is 2. The van der Waals surface area contributed by atoms with Crippen LogP contribution in [0.2, 0.25) is 0 Å². The lowest BCUT2D eigenvalue weighted by Gasteiger charge is -2.71. The number of aliphatic hydroxyl groups excluding tert-OH is 11. The monoisotopic (exact) mass is 1090 g/mol. The van der Waals surface area contributed by atoms with Gasteiger partial charge in [-0.25, -0.2) is 4.79 Å². The molecule has 30 atom stereocenters. The van der Waals surface area contributed by atoms with Crippen molar-refractivity contribution in [2.45, 2.75) is 235 Å². The van der Waals surface area contributed by atoms with Gasteiger partial charge in [0.15, 0.2) is 31.3 Å². The quantitative estimate of drug-likeness (QED) is 0.0651. The number of hydrogen-bond acceptors (Lipinski definition) is 22. The van der Waals surface area contributed by atoms with Crippen LogP contribution in [0.15, 0.2) is 11.6 Å². The van der Waals surface area contributed by atoms with Gasteiger partial charge in [-0.3, -0.25) is 4.79 Å². The number of aliphatic hydroxyl groups is 11. The highest BCUT2D eigenvalue weighted by Crippen LogP contribution is 2.76.